The number of aromatic nitrogens is 1. The van der Waals surface area contributed by atoms with Crippen LogP contribution in [0.3, 0.4) is 0 Å². The highest BCUT2D eigenvalue weighted by atomic mass is 35.5. The Kier molecular flexibility index (Phi) is 5.18. The van der Waals surface area contributed by atoms with Gasteiger partial charge >= 0.3 is 0 Å². The number of halogens is 1. The maximum Gasteiger partial charge on any atom is 0.128 e. The van der Waals surface area contributed by atoms with Gasteiger partial charge in [-0.05, 0) is 74.0 Å². The van der Waals surface area contributed by atoms with Crippen molar-refractivity contribution in [3.05, 3.63) is 30.5 Å². The maximum absolute atomic E-state index is 10.4. The van der Waals surface area contributed by atoms with Crippen molar-refractivity contribution < 1.29 is 9.84 Å². The molecule has 0 spiro atoms. The van der Waals surface area contributed by atoms with E-state index in [0.29, 0.717) is 19.2 Å². The Balaban J connectivity index is 0.00000168. The summed E-state index contributed by atoms with van der Waals surface area (Å²) in [5.41, 5.74) is 1.07. The number of aliphatic hydroxyl groups excluding tert-OH is 1. The summed E-state index contributed by atoms with van der Waals surface area (Å²) in [6.07, 6.45) is 8.58. The molecule has 142 valence electrons. The van der Waals surface area contributed by atoms with Gasteiger partial charge in [0.05, 0.1) is 0 Å². The van der Waals surface area contributed by atoms with Crippen LogP contribution in [0.15, 0.2) is 30.5 Å². The van der Waals surface area contributed by atoms with Crippen molar-refractivity contribution in [3.63, 3.8) is 0 Å². The number of H-pyrrole nitrogens is 1. The number of hydrogen-bond donors (Lipinski definition) is 3. The molecule has 4 bridgehead atoms. The molecule has 4 aliphatic rings. The number of benzene rings is 1. The van der Waals surface area contributed by atoms with E-state index < -0.39 is 6.10 Å². The SMILES string of the molecule is Cl.O[C@H](CNC1C2CC3CC(C2)CC1C3)COc1cccc2[nH]ccc12. The average molecular weight is 377 g/mol. The van der Waals surface area contributed by atoms with E-state index in [1.165, 1.54) is 32.1 Å². The third kappa shape index (κ3) is 3.35. The lowest BCUT2D eigenvalue weighted by Gasteiger charge is -2.54. The molecule has 4 fully saturated rings. The Morgan fingerprint density at radius 1 is 1.08 bits per heavy atom. The van der Waals surface area contributed by atoms with Gasteiger partial charge in [0.15, 0.2) is 0 Å². The topological polar surface area (TPSA) is 57.3 Å². The Morgan fingerprint density at radius 2 is 1.81 bits per heavy atom. The smallest absolute Gasteiger partial charge is 0.128 e. The summed E-state index contributed by atoms with van der Waals surface area (Å²) in [4.78, 5) is 3.19. The van der Waals surface area contributed by atoms with Gasteiger partial charge in [-0.3, -0.25) is 0 Å². The summed E-state index contributed by atoms with van der Waals surface area (Å²) in [5.74, 6) is 4.52. The van der Waals surface area contributed by atoms with Crippen molar-refractivity contribution in [2.75, 3.05) is 13.2 Å². The highest BCUT2D eigenvalue weighted by Crippen LogP contribution is 2.53. The summed E-state index contributed by atoms with van der Waals surface area (Å²) >= 11 is 0. The van der Waals surface area contributed by atoms with E-state index in [-0.39, 0.29) is 12.4 Å². The molecule has 0 radical (unpaired) electrons. The predicted octanol–water partition coefficient (Wildman–Crippen LogP) is 3.74. The molecule has 2 aromatic rings. The molecule has 1 aromatic carbocycles. The van der Waals surface area contributed by atoms with E-state index in [9.17, 15) is 5.11 Å². The lowest BCUT2D eigenvalue weighted by Crippen LogP contribution is -2.55. The van der Waals surface area contributed by atoms with E-state index in [1.54, 1.807) is 0 Å². The van der Waals surface area contributed by atoms with Crippen molar-refractivity contribution in [2.45, 2.75) is 44.2 Å². The predicted molar refractivity (Wildman–Crippen MR) is 106 cm³/mol. The molecular formula is C21H29ClN2O2. The van der Waals surface area contributed by atoms with Gasteiger partial charge in [-0.15, -0.1) is 12.4 Å². The van der Waals surface area contributed by atoms with Crippen LogP contribution in [-0.2, 0) is 0 Å². The van der Waals surface area contributed by atoms with Crippen LogP contribution < -0.4 is 10.1 Å². The number of rotatable bonds is 6. The van der Waals surface area contributed by atoms with Gasteiger partial charge in [0.1, 0.15) is 18.5 Å². The van der Waals surface area contributed by atoms with Crippen molar-refractivity contribution in [1.82, 2.24) is 10.3 Å². The van der Waals surface area contributed by atoms with E-state index in [2.05, 4.69) is 10.3 Å². The van der Waals surface area contributed by atoms with Crippen molar-refractivity contribution in [2.24, 2.45) is 23.7 Å². The van der Waals surface area contributed by atoms with Gasteiger partial charge < -0.3 is 20.1 Å². The van der Waals surface area contributed by atoms with Crippen LogP contribution in [0.4, 0.5) is 0 Å². The summed E-state index contributed by atoms with van der Waals surface area (Å²) in [7, 11) is 0. The third-order valence-corrected chi connectivity index (χ3v) is 6.80. The van der Waals surface area contributed by atoms with Gasteiger partial charge in [0, 0.05) is 29.7 Å². The summed E-state index contributed by atoms with van der Waals surface area (Å²) < 4.78 is 5.89. The lowest BCUT2D eigenvalue weighted by molar-refractivity contribution is -0.0188. The molecule has 0 amide bonds. The normalized spacial score (nSPS) is 33.2. The van der Waals surface area contributed by atoms with Crippen molar-refractivity contribution >= 4 is 23.3 Å². The van der Waals surface area contributed by atoms with Crippen LogP contribution in [0, 0.1) is 23.7 Å². The van der Waals surface area contributed by atoms with Crippen LogP contribution in [0.1, 0.15) is 32.1 Å². The molecule has 0 aliphatic heterocycles. The second-order valence-electron chi connectivity index (χ2n) is 8.52. The molecule has 4 nitrogen and oxygen atoms in total. The summed E-state index contributed by atoms with van der Waals surface area (Å²) in [6.45, 7) is 0.973. The number of hydrogen-bond acceptors (Lipinski definition) is 3. The number of aliphatic hydroxyl groups is 1. The molecule has 3 N–H and O–H groups in total. The number of aromatic amines is 1. The first-order valence-electron chi connectivity index (χ1n) is 9.86. The van der Waals surface area contributed by atoms with Crippen LogP contribution in [-0.4, -0.2) is 35.4 Å². The largest absolute Gasteiger partial charge is 0.490 e. The molecule has 0 saturated heterocycles. The highest BCUT2D eigenvalue weighted by molar-refractivity contribution is 5.86. The van der Waals surface area contributed by atoms with Crippen LogP contribution in [0.2, 0.25) is 0 Å². The Hall–Kier alpha value is -1.23. The maximum atomic E-state index is 10.4. The third-order valence-electron chi connectivity index (χ3n) is 6.80. The molecule has 6 rings (SSSR count). The first-order valence-corrected chi connectivity index (χ1v) is 9.86. The fourth-order valence-corrected chi connectivity index (χ4v) is 5.96. The summed E-state index contributed by atoms with van der Waals surface area (Å²) in [5, 5.41) is 15.2. The monoisotopic (exact) mass is 376 g/mol. The zero-order valence-electron chi connectivity index (χ0n) is 15.1. The number of ether oxygens (including phenoxy) is 1. The molecule has 1 aromatic heterocycles. The van der Waals surface area contributed by atoms with Gasteiger partial charge in [-0.1, -0.05) is 6.07 Å². The second kappa shape index (κ2) is 7.41. The van der Waals surface area contributed by atoms with Gasteiger partial charge in [0.2, 0.25) is 0 Å². The number of fused-ring (bicyclic) bond motifs is 1. The molecule has 4 aliphatic carbocycles. The average Bonchev–Trinajstić information content (AvgIpc) is 3.08. The van der Waals surface area contributed by atoms with E-state index in [0.717, 1.165) is 40.3 Å². The molecular weight excluding hydrogens is 348 g/mol. The van der Waals surface area contributed by atoms with Gasteiger partial charge in [-0.25, -0.2) is 0 Å². The molecule has 1 heterocycles. The first-order chi connectivity index (χ1) is 12.3. The quantitative estimate of drug-likeness (QED) is 0.719. The fraction of sp³-hybridized carbons (Fsp3) is 0.619. The number of nitrogens with one attached hydrogen (secondary N) is 2. The van der Waals surface area contributed by atoms with Crippen LogP contribution in [0.5, 0.6) is 5.75 Å². The minimum absolute atomic E-state index is 0. The van der Waals surface area contributed by atoms with Gasteiger partial charge in [0.25, 0.3) is 0 Å². The standard InChI is InChI=1S/C21H28N2O2.ClH/c24-17(12-25-20-3-1-2-19-18(20)4-5-22-19)11-23-21-15-7-13-6-14(9-15)10-16(21)8-13;/h1-5,13-17,21-24H,6-12H2;1H/t13?,14?,15?,16?,17-,21?;/m1./s1. The highest BCUT2D eigenvalue weighted by Gasteiger charge is 2.47. The molecule has 5 heteroatoms. The fourth-order valence-electron chi connectivity index (χ4n) is 5.96. The molecule has 26 heavy (non-hydrogen) atoms. The second-order valence-corrected chi connectivity index (χ2v) is 8.52. The van der Waals surface area contributed by atoms with Crippen LogP contribution >= 0.6 is 12.4 Å². The minimum Gasteiger partial charge on any atom is -0.490 e. The Bertz CT molecular complexity index is 718. The lowest BCUT2D eigenvalue weighted by atomic mass is 9.54. The minimum atomic E-state index is -0.466. The van der Waals surface area contributed by atoms with E-state index in [4.69, 9.17) is 4.74 Å². The Morgan fingerprint density at radius 3 is 2.54 bits per heavy atom. The van der Waals surface area contributed by atoms with Gasteiger partial charge in [-0.2, -0.15) is 0 Å². The molecule has 1 atom stereocenters. The van der Waals surface area contributed by atoms with Crippen molar-refractivity contribution in [3.8, 4) is 5.75 Å². The Labute approximate surface area is 161 Å². The zero-order valence-corrected chi connectivity index (χ0v) is 15.9. The van der Waals surface area contributed by atoms with E-state index in [1.807, 2.05) is 30.5 Å². The first kappa shape index (κ1) is 18.1. The van der Waals surface area contributed by atoms with E-state index >= 15 is 0 Å². The molecule has 4 saturated carbocycles. The zero-order chi connectivity index (χ0) is 16.8. The van der Waals surface area contributed by atoms with Crippen LogP contribution in [0.25, 0.3) is 10.9 Å². The summed E-state index contributed by atoms with van der Waals surface area (Å²) in [6, 6.07) is 8.62. The molecule has 0 unspecified atom stereocenters. The van der Waals surface area contributed by atoms with Crippen molar-refractivity contribution in [1.29, 1.82) is 0 Å².